The number of carbonyl (C=O) groups excluding carboxylic acids is 1. The van der Waals surface area contributed by atoms with E-state index in [0.717, 1.165) is 36.3 Å². The number of carbonyl (C=O) groups is 1. The normalized spacial score (nSPS) is 20.8. The molecule has 2 aromatic heterocycles. The molecular formula is C18H21N5O. The van der Waals surface area contributed by atoms with Crippen molar-refractivity contribution in [2.75, 3.05) is 18.8 Å². The summed E-state index contributed by atoms with van der Waals surface area (Å²) >= 11 is 0. The van der Waals surface area contributed by atoms with Crippen LogP contribution in [0.2, 0.25) is 0 Å². The third-order valence-electron chi connectivity index (χ3n) is 4.85. The maximum atomic E-state index is 12.9. The summed E-state index contributed by atoms with van der Waals surface area (Å²) in [6.07, 6.45) is 7.80. The number of nitrogen functional groups attached to an aromatic ring is 1. The fraction of sp³-hybridized carbons (Fsp3) is 0.444. The SMILES string of the molecule is Nc1nccc(C2CCCN(C(=O)c3ccnc(C4CC4)c3)C2)n1. The van der Waals surface area contributed by atoms with Crippen LogP contribution in [0.25, 0.3) is 0 Å². The zero-order valence-corrected chi connectivity index (χ0v) is 13.6. The number of nitrogens with zero attached hydrogens (tertiary/aromatic N) is 4. The molecule has 3 heterocycles. The minimum Gasteiger partial charge on any atom is -0.368 e. The van der Waals surface area contributed by atoms with Gasteiger partial charge in [0, 0.05) is 48.6 Å². The van der Waals surface area contributed by atoms with E-state index in [1.54, 1.807) is 12.4 Å². The van der Waals surface area contributed by atoms with E-state index in [2.05, 4.69) is 15.0 Å². The second-order valence-electron chi connectivity index (χ2n) is 6.67. The molecule has 0 aromatic carbocycles. The third-order valence-corrected chi connectivity index (χ3v) is 4.85. The van der Waals surface area contributed by atoms with Crippen molar-refractivity contribution in [3.63, 3.8) is 0 Å². The second-order valence-corrected chi connectivity index (χ2v) is 6.67. The highest BCUT2D eigenvalue weighted by molar-refractivity contribution is 5.94. The topological polar surface area (TPSA) is 85.0 Å². The Kier molecular flexibility index (Phi) is 3.88. The van der Waals surface area contributed by atoms with Crippen LogP contribution in [0.1, 0.15) is 59.3 Å². The standard InChI is InChI=1S/C18H21N5O/c19-18-21-8-6-15(22-18)14-2-1-9-23(11-14)17(24)13-5-7-20-16(10-13)12-3-4-12/h5-8,10,12,14H,1-4,9,11H2,(H2,19,21,22). The molecule has 0 spiro atoms. The Morgan fingerprint density at radius 1 is 1.08 bits per heavy atom. The van der Waals surface area contributed by atoms with Crippen molar-refractivity contribution >= 4 is 11.9 Å². The number of nitrogens with two attached hydrogens (primary N) is 1. The molecule has 24 heavy (non-hydrogen) atoms. The fourth-order valence-corrected chi connectivity index (χ4v) is 3.39. The van der Waals surface area contributed by atoms with Crippen molar-refractivity contribution in [3.05, 3.63) is 47.5 Å². The number of likely N-dealkylation sites (tertiary alicyclic amines) is 1. The molecule has 1 aliphatic heterocycles. The average Bonchev–Trinajstić information content (AvgIpc) is 3.46. The highest BCUT2D eigenvalue weighted by Gasteiger charge is 2.29. The predicted octanol–water partition coefficient (Wildman–Crippen LogP) is 2.35. The Labute approximate surface area is 141 Å². The Hall–Kier alpha value is -2.50. The fourth-order valence-electron chi connectivity index (χ4n) is 3.39. The molecule has 2 fully saturated rings. The van der Waals surface area contributed by atoms with E-state index in [4.69, 9.17) is 5.73 Å². The molecule has 1 atom stereocenters. The maximum Gasteiger partial charge on any atom is 0.253 e. The van der Waals surface area contributed by atoms with Gasteiger partial charge in [0.15, 0.2) is 0 Å². The molecule has 1 saturated heterocycles. The van der Waals surface area contributed by atoms with Crippen LogP contribution in [0, 0.1) is 0 Å². The number of hydrogen-bond acceptors (Lipinski definition) is 5. The number of aromatic nitrogens is 3. The van der Waals surface area contributed by atoms with E-state index < -0.39 is 0 Å². The van der Waals surface area contributed by atoms with Gasteiger partial charge in [0.25, 0.3) is 5.91 Å². The monoisotopic (exact) mass is 323 g/mol. The van der Waals surface area contributed by atoms with Crippen LogP contribution < -0.4 is 5.73 Å². The van der Waals surface area contributed by atoms with Gasteiger partial charge in [0.1, 0.15) is 0 Å². The quantitative estimate of drug-likeness (QED) is 0.937. The number of anilines is 1. The van der Waals surface area contributed by atoms with Crippen molar-refractivity contribution in [2.45, 2.75) is 37.5 Å². The smallest absolute Gasteiger partial charge is 0.253 e. The Morgan fingerprint density at radius 3 is 2.71 bits per heavy atom. The summed E-state index contributed by atoms with van der Waals surface area (Å²) in [7, 11) is 0. The van der Waals surface area contributed by atoms with Crippen LogP contribution in [-0.2, 0) is 0 Å². The molecule has 6 heteroatoms. The molecular weight excluding hydrogens is 302 g/mol. The minimum atomic E-state index is 0.0889. The summed E-state index contributed by atoms with van der Waals surface area (Å²) in [6, 6.07) is 5.68. The van der Waals surface area contributed by atoms with Gasteiger partial charge in [-0.05, 0) is 43.9 Å². The first-order valence-corrected chi connectivity index (χ1v) is 8.54. The van der Waals surface area contributed by atoms with Crippen molar-refractivity contribution in [1.82, 2.24) is 19.9 Å². The van der Waals surface area contributed by atoms with Gasteiger partial charge in [-0.25, -0.2) is 9.97 Å². The number of piperidine rings is 1. The van der Waals surface area contributed by atoms with E-state index in [-0.39, 0.29) is 11.8 Å². The van der Waals surface area contributed by atoms with E-state index in [0.29, 0.717) is 18.4 Å². The average molecular weight is 323 g/mol. The van der Waals surface area contributed by atoms with Crippen molar-refractivity contribution in [2.24, 2.45) is 0 Å². The van der Waals surface area contributed by atoms with Gasteiger partial charge < -0.3 is 10.6 Å². The maximum absolute atomic E-state index is 12.9. The lowest BCUT2D eigenvalue weighted by molar-refractivity contribution is 0.0705. The highest BCUT2D eigenvalue weighted by Crippen LogP contribution is 2.39. The molecule has 6 nitrogen and oxygen atoms in total. The van der Waals surface area contributed by atoms with Gasteiger partial charge in [-0.15, -0.1) is 0 Å². The van der Waals surface area contributed by atoms with Crippen LogP contribution in [0.5, 0.6) is 0 Å². The lowest BCUT2D eigenvalue weighted by Crippen LogP contribution is -2.39. The first kappa shape index (κ1) is 15.1. The molecule has 1 aliphatic carbocycles. The molecule has 0 bridgehead atoms. The molecule has 4 rings (SSSR count). The predicted molar refractivity (Wildman–Crippen MR) is 90.5 cm³/mol. The van der Waals surface area contributed by atoms with Crippen LogP contribution in [0.4, 0.5) is 5.95 Å². The van der Waals surface area contributed by atoms with Crippen LogP contribution >= 0.6 is 0 Å². The van der Waals surface area contributed by atoms with Crippen molar-refractivity contribution in [1.29, 1.82) is 0 Å². The van der Waals surface area contributed by atoms with Gasteiger partial charge in [0.2, 0.25) is 5.95 Å². The van der Waals surface area contributed by atoms with Crippen LogP contribution in [0.15, 0.2) is 30.6 Å². The van der Waals surface area contributed by atoms with Gasteiger partial charge in [-0.2, -0.15) is 0 Å². The molecule has 124 valence electrons. The minimum absolute atomic E-state index is 0.0889. The van der Waals surface area contributed by atoms with Crippen molar-refractivity contribution < 1.29 is 4.79 Å². The third kappa shape index (κ3) is 3.09. The van der Waals surface area contributed by atoms with Gasteiger partial charge in [-0.1, -0.05) is 0 Å². The molecule has 1 saturated carbocycles. The first-order valence-electron chi connectivity index (χ1n) is 8.54. The zero-order chi connectivity index (χ0) is 16.5. The van der Waals surface area contributed by atoms with E-state index in [1.807, 2.05) is 23.1 Å². The molecule has 0 radical (unpaired) electrons. The number of amides is 1. The number of pyridine rings is 1. The molecule has 2 aromatic rings. The van der Waals surface area contributed by atoms with Gasteiger partial charge >= 0.3 is 0 Å². The molecule has 2 aliphatic rings. The number of rotatable bonds is 3. The second kappa shape index (κ2) is 6.19. The largest absolute Gasteiger partial charge is 0.368 e. The summed E-state index contributed by atoms with van der Waals surface area (Å²) in [5.41, 5.74) is 8.42. The summed E-state index contributed by atoms with van der Waals surface area (Å²) in [6.45, 7) is 1.47. The van der Waals surface area contributed by atoms with Crippen LogP contribution in [-0.4, -0.2) is 38.8 Å². The Bertz CT molecular complexity index is 759. The Morgan fingerprint density at radius 2 is 1.92 bits per heavy atom. The summed E-state index contributed by atoms with van der Waals surface area (Å²) < 4.78 is 0. The molecule has 2 N–H and O–H groups in total. The van der Waals surface area contributed by atoms with E-state index >= 15 is 0 Å². The molecule has 1 amide bonds. The number of hydrogen-bond donors (Lipinski definition) is 1. The zero-order valence-electron chi connectivity index (χ0n) is 13.6. The Balaban J connectivity index is 1.51. The highest BCUT2D eigenvalue weighted by atomic mass is 16.2. The first-order chi connectivity index (χ1) is 11.7. The van der Waals surface area contributed by atoms with Gasteiger partial charge in [0.05, 0.1) is 5.69 Å². The van der Waals surface area contributed by atoms with Crippen molar-refractivity contribution in [3.8, 4) is 0 Å². The summed E-state index contributed by atoms with van der Waals surface area (Å²) in [5.74, 6) is 1.15. The lowest BCUT2D eigenvalue weighted by Gasteiger charge is -2.32. The summed E-state index contributed by atoms with van der Waals surface area (Å²) in [5, 5.41) is 0. The van der Waals surface area contributed by atoms with Crippen LogP contribution in [0.3, 0.4) is 0 Å². The van der Waals surface area contributed by atoms with E-state index in [9.17, 15) is 4.79 Å². The van der Waals surface area contributed by atoms with Gasteiger partial charge in [-0.3, -0.25) is 9.78 Å². The molecule has 1 unspecified atom stereocenters. The lowest BCUT2D eigenvalue weighted by atomic mass is 9.94. The van der Waals surface area contributed by atoms with E-state index in [1.165, 1.54) is 12.8 Å². The summed E-state index contributed by atoms with van der Waals surface area (Å²) in [4.78, 5) is 27.5.